The molecule has 1 aliphatic heterocycles. The molecular formula is C8H9N5. The summed E-state index contributed by atoms with van der Waals surface area (Å²) in [5, 5.41) is 7.79. The zero-order chi connectivity index (χ0) is 9.10. The van der Waals surface area contributed by atoms with E-state index in [0.717, 1.165) is 24.1 Å². The van der Waals surface area contributed by atoms with Crippen molar-refractivity contribution in [1.82, 2.24) is 9.97 Å². The molecule has 2 rings (SSSR count). The minimum absolute atomic E-state index is 0.584. The molecule has 13 heavy (non-hydrogen) atoms. The summed E-state index contributed by atoms with van der Waals surface area (Å²) in [6.07, 6.45) is 6.51. The van der Waals surface area contributed by atoms with Crippen LogP contribution < -0.4 is 5.73 Å². The first-order valence-corrected chi connectivity index (χ1v) is 4.00. The lowest BCUT2D eigenvalue weighted by molar-refractivity contribution is 1.01. The van der Waals surface area contributed by atoms with Gasteiger partial charge in [-0.05, 0) is 6.42 Å². The van der Waals surface area contributed by atoms with E-state index in [4.69, 9.17) is 5.73 Å². The summed E-state index contributed by atoms with van der Waals surface area (Å²) in [5.41, 5.74) is 7.30. The summed E-state index contributed by atoms with van der Waals surface area (Å²) in [7, 11) is 0. The summed E-state index contributed by atoms with van der Waals surface area (Å²) >= 11 is 0. The van der Waals surface area contributed by atoms with Crippen LogP contribution in [0.5, 0.6) is 0 Å². The third-order valence-corrected chi connectivity index (χ3v) is 1.81. The van der Waals surface area contributed by atoms with Crippen molar-refractivity contribution in [3.8, 4) is 0 Å². The van der Waals surface area contributed by atoms with Crippen molar-refractivity contribution in [2.75, 3.05) is 0 Å². The zero-order valence-corrected chi connectivity index (χ0v) is 7.01. The van der Waals surface area contributed by atoms with Gasteiger partial charge in [0.25, 0.3) is 0 Å². The lowest BCUT2D eigenvalue weighted by Crippen LogP contribution is -2.17. The van der Waals surface area contributed by atoms with Crippen LogP contribution in [0.2, 0.25) is 0 Å². The van der Waals surface area contributed by atoms with Crippen LogP contribution in [0.25, 0.3) is 0 Å². The van der Waals surface area contributed by atoms with Gasteiger partial charge < -0.3 is 5.73 Å². The molecule has 5 nitrogen and oxygen atoms in total. The average molecular weight is 175 g/mol. The van der Waals surface area contributed by atoms with E-state index in [1.165, 1.54) is 6.33 Å². The van der Waals surface area contributed by atoms with Gasteiger partial charge in [-0.2, -0.15) is 5.10 Å². The summed E-state index contributed by atoms with van der Waals surface area (Å²) in [6.45, 7) is 0. The van der Waals surface area contributed by atoms with Gasteiger partial charge in [0.2, 0.25) is 0 Å². The van der Waals surface area contributed by atoms with Crippen LogP contribution in [0.3, 0.4) is 0 Å². The Kier molecular flexibility index (Phi) is 1.99. The highest BCUT2D eigenvalue weighted by atomic mass is 15.2. The van der Waals surface area contributed by atoms with Gasteiger partial charge >= 0.3 is 0 Å². The molecule has 0 atom stereocenters. The number of hydrogen-bond acceptors (Lipinski definition) is 5. The van der Waals surface area contributed by atoms with Gasteiger partial charge in [0.05, 0.1) is 5.71 Å². The van der Waals surface area contributed by atoms with Gasteiger partial charge in [0.1, 0.15) is 12.2 Å². The van der Waals surface area contributed by atoms with Gasteiger partial charge in [-0.25, -0.2) is 9.97 Å². The van der Waals surface area contributed by atoms with Gasteiger partial charge in [-0.1, -0.05) is 0 Å². The summed E-state index contributed by atoms with van der Waals surface area (Å²) in [6, 6.07) is 0. The fourth-order valence-electron chi connectivity index (χ4n) is 1.12. The molecule has 0 bridgehead atoms. The van der Waals surface area contributed by atoms with Crippen molar-refractivity contribution >= 4 is 11.5 Å². The maximum Gasteiger partial charge on any atom is 0.122 e. The number of nitrogens with two attached hydrogens (primary N) is 1. The fraction of sp³-hybridized carbons (Fsp3) is 0.250. The van der Waals surface area contributed by atoms with Crippen molar-refractivity contribution in [3.63, 3.8) is 0 Å². The minimum Gasteiger partial charge on any atom is -0.386 e. The Labute approximate surface area is 75.4 Å². The normalized spacial score (nSPS) is 16.3. The predicted octanol–water partition coefficient (Wildman–Crippen LogP) is 0.332. The van der Waals surface area contributed by atoms with E-state index in [9.17, 15) is 0 Å². The van der Waals surface area contributed by atoms with Crippen LogP contribution in [0, 0.1) is 0 Å². The molecule has 0 saturated carbocycles. The molecule has 0 fully saturated rings. The van der Waals surface area contributed by atoms with Crippen LogP contribution in [-0.2, 0) is 0 Å². The highest BCUT2D eigenvalue weighted by molar-refractivity contribution is 6.03. The smallest absolute Gasteiger partial charge is 0.122 e. The average Bonchev–Trinajstić information content (AvgIpc) is 2.20. The first-order valence-electron chi connectivity index (χ1n) is 4.00. The second-order valence-corrected chi connectivity index (χ2v) is 2.77. The largest absolute Gasteiger partial charge is 0.386 e. The second kappa shape index (κ2) is 3.30. The predicted molar refractivity (Wildman–Crippen MR) is 49.4 cm³/mol. The summed E-state index contributed by atoms with van der Waals surface area (Å²) in [5.74, 6) is 0.584. The fourth-order valence-corrected chi connectivity index (χ4v) is 1.12. The topological polar surface area (TPSA) is 76.5 Å². The van der Waals surface area contributed by atoms with Crippen molar-refractivity contribution in [1.29, 1.82) is 0 Å². The molecule has 1 aliphatic rings. The summed E-state index contributed by atoms with van der Waals surface area (Å²) in [4.78, 5) is 7.81. The maximum atomic E-state index is 5.49. The third-order valence-electron chi connectivity index (χ3n) is 1.81. The Hall–Kier alpha value is -1.78. The molecule has 0 radical (unpaired) electrons. The SMILES string of the molecule is NC1=NN=C(c2cncnc2)CC1. The van der Waals surface area contributed by atoms with E-state index in [-0.39, 0.29) is 0 Å². The highest BCUT2D eigenvalue weighted by Gasteiger charge is 2.09. The Morgan fingerprint density at radius 2 is 1.85 bits per heavy atom. The van der Waals surface area contributed by atoms with Gasteiger partial charge in [0, 0.05) is 24.4 Å². The number of rotatable bonds is 1. The lowest BCUT2D eigenvalue weighted by Gasteiger charge is -2.07. The number of nitrogens with zero attached hydrogens (tertiary/aromatic N) is 4. The molecule has 0 saturated heterocycles. The molecule has 66 valence electrons. The van der Waals surface area contributed by atoms with Crippen molar-refractivity contribution in [2.24, 2.45) is 15.9 Å². The lowest BCUT2D eigenvalue weighted by atomic mass is 10.1. The minimum atomic E-state index is 0.584. The highest BCUT2D eigenvalue weighted by Crippen LogP contribution is 2.08. The van der Waals surface area contributed by atoms with Gasteiger partial charge in [-0.3, -0.25) is 0 Å². The molecule has 0 unspecified atom stereocenters. The molecule has 1 aromatic heterocycles. The Morgan fingerprint density at radius 1 is 1.08 bits per heavy atom. The van der Waals surface area contributed by atoms with Gasteiger partial charge in [-0.15, -0.1) is 5.10 Å². The first-order chi connectivity index (χ1) is 6.36. The third kappa shape index (κ3) is 1.69. The zero-order valence-electron chi connectivity index (χ0n) is 7.01. The molecule has 2 N–H and O–H groups in total. The van der Waals surface area contributed by atoms with Crippen LogP contribution in [0.1, 0.15) is 18.4 Å². The molecule has 1 aromatic rings. The first kappa shape index (κ1) is 7.85. The van der Waals surface area contributed by atoms with Crippen LogP contribution in [-0.4, -0.2) is 21.5 Å². The van der Waals surface area contributed by atoms with Crippen molar-refractivity contribution in [2.45, 2.75) is 12.8 Å². The number of aromatic nitrogens is 2. The van der Waals surface area contributed by atoms with E-state index in [0.29, 0.717) is 5.84 Å². The maximum absolute atomic E-state index is 5.49. The van der Waals surface area contributed by atoms with E-state index in [1.54, 1.807) is 12.4 Å². The quantitative estimate of drug-likeness (QED) is 0.668. The molecule has 5 heteroatoms. The summed E-state index contributed by atoms with van der Waals surface area (Å²) < 4.78 is 0. The number of amidine groups is 1. The van der Waals surface area contributed by atoms with E-state index in [2.05, 4.69) is 20.2 Å². The van der Waals surface area contributed by atoms with Crippen molar-refractivity contribution < 1.29 is 0 Å². The molecular weight excluding hydrogens is 166 g/mol. The van der Waals surface area contributed by atoms with Crippen LogP contribution in [0.4, 0.5) is 0 Å². The Morgan fingerprint density at radius 3 is 2.46 bits per heavy atom. The number of hydrogen-bond donors (Lipinski definition) is 1. The van der Waals surface area contributed by atoms with Gasteiger partial charge in [0.15, 0.2) is 0 Å². The second-order valence-electron chi connectivity index (χ2n) is 2.77. The van der Waals surface area contributed by atoms with Crippen molar-refractivity contribution in [3.05, 3.63) is 24.3 Å². The van der Waals surface area contributed by atoms with E-state index < -0.39 is 0 Å². The van der Waals surface area contributed by atoms with E-state index >= 15 is 0 Å². The molecule has 0 aliphatic carbocycles. The molecule has 0 spiro atoms. The Balaban J connectivity index is 2.29. The Bertz CT molecular complexity index is 354. The van der Waals surface area contributed by atoms with E-state index in [1.807, 2.05) is 0 Å². The van der Waals surface area contributed by atoms with Crippen LogP contribution in [0.15, 0.2) is 28.9 Å². The molecule has 0 amide bonds. The molecule has 0 aromatic carbocycles. The monoisotopic (exact) mass is 175 g/mol. The molecule has 2 heterocycles. The van der Waals surface area contributed by atoms with Crippen LogP contribution >= 0.6 is 0 Å². The standard InChI is InChI=1S/C8H9N5/c9-8-2-1-7(12-13-8)6-3-10-5-11-4-6/h3-5H,1-2H2,(H2,9,13).